The van der Waals surface area contributed by atoms with Crippen molar-refractivity contribution >= 4 is 0 Å². The molecule has 2 fully saturated rings. The summed E-state index contributed by atoms with van der Waals surface area (Å²) in [5, 5.41) is 34.4. The minimum Gasteiger partial charge on any atom is -0.507 e. The molecule has 2 saturated heterocycles. The zero-order chi connectivity index (χ0) is 19.1. The first-order chi connectivity index (χ1) is 13.6. The molecule has 28 heavy (non-hydrogen) atoms. The zero-order valence-electron chi connectivity index (χ0n) is 15.5. The summed E-state index contributed by atoms with van der Waals surface area (Å²) in [7, 11) is 0. The van der Waals surface area contributed by atoms with Gasteiger partial charge in [0.15, 0.2) is 5.82 Å². The number of aryl methyl sites for hydroxylation is 1. The minimum absolute atomic E-state index is 0.0744. The molecule has 0 unspecified atom stereocenters. The van der Waals surface area contributed by atoms with Gasteiger partial charge >= 0.3 is 0 Å². The van der Waals surface area contributed by atoms with Crippen LogP contribution in [-0.2, 0) is 0 Å². The van der Waals surface area contributed by atoms with Crippen molar-refractivity contribution < 1.29 is 9.84 Å². The molecule has 0 saturated carbocycles. The van der Waals surface area contributed by atoms with Gasteiger partial charge in [-0.25, -0.2) is 0 Å². The Morgan fingerprint density at radius 1 is 1.07 bits per heavy atom. The molecule has 2 N–H and O–H groups in total. The Morgan fingerprint density at radius 3 is 2.54 bits per heavy atom. The summed E-state index contributed by atoms with van der Waals surface area (Å²) in [6.45, 7) is 1.76. The third kappa shape index (κ3) is 3.29. The van der Waals surface area contributed by atoms with Gasteiger partial charge in [-0.1, -0.05) is 0 Å². The average molecular weight is 379 g/mol. The smallest absolute Gasteiger partial charge is 0.233 e. The summed E-state index contributed by atoms with van der Waals surface area (Å²) >= 11 is 0. The number of nitrogens with one attached hydrogen (secondary N) is 1. The van der Waals surface area contributed by atoms with E-state index in [4.69, 9.17) is 4.74 Å². The van der Waals surface area contributed by atoms with Crippen LogP contribution in [0, 0.1) is 6.92 Å². The van der Waals surface area contributed by atoms with Gasteiger partial charge in [-0.15, -0.1) is 25.2 Å². The summed E-state index contributed by atoms with van der Waals surface area (Å²) in [6.07, 6.45) is 4.67. The van der Waals surface area contributed by atoms with Crippen molar-refractivity contribution in [3.63, 3.8) is 0 Å². The van der Waals surface area contributed by atoms with Gasteiger partial charge in [-0.2, -0.15) is 0 Å². The van der Waals surface area contributed by atoms with Crippen LogP contribution >= 0.6 is 0 Å². The lowest BCUT2D eigenvalue weighted by Gasteiger charge is -2.28. The number of phenolic OH excluding ortho intramolecular Hbond substituents is 1. The quantitative estimate of drug-likeness (QED) is 0.706. The number of phenols is 1. The van der Waals surface area contributed by atoms with E-state index in [2.05, 4.69) is 30.9 Å². The maximum absolute atomic E-state index is 10.4. The number of fused-ring (bicyclic) bond motifs is 2. The summed E-state index contributed by atoms with van der Waals surface area (Å²) in [5.41, 5.74) is 1.78. The van der Waals surface area contributed by atoms with Gasteiger partial charge in [-0.3, -0.25) is 0 Å². The predicted octanol–water partition coefficient (Wildman–Crippen LogP) is 1.80. The first-order valence-corrected chi connectivity index (χ1v) is 9.51. The number of benzene rings is 1. The molecule has 2 bridgehead atoms. The molecule has 2 aromatic heterocycles. The number of nitrogens with zero attached hydrogens (tertiary/aromatic N) is 6. The van der Waals surface area contributed by atoms with Gasteiger partial charge in [0.05, 0.1) is 11.4 Å². The Morgan fingerprint density at radius 2 is 1.89 bits per heavy atom. The van der Waals surface area contributed by atoms with Gasteiger partial charge in [0.2, 0.25) is 5.88 Å². The van der Waals surface area contributed by atoms with Crippen LogP contribution in [-0.4, -0.2) is 53.7 Å². The van der Waals surface area contributed by atoms with E-state index in [0.29, 0.717) is 40.7 Å². The number of aromatic hydroxyl groups is 1. The second-order valence-electron chi connectivity index (χ2n) is 7.43. The minimum atomic E-state index is 0.0744. The van der Waals surface area contributed by atoms with Crippen molar-refractivity contribution in [1.82, 2.24) is 35.7 Å². The standard InChI is InChI=1S/C19H21N7O2/c1-11-21-25-26(24-11)14-4-5-16(18(27)10-14)17-6-7-19(23-22-17)28-15-8-12-2-3-13(9-15)20-12/h4-7,10,12-13,15,20,27H,2-3,8-9H2,1H3/t12-,13+,15-. The fraction of sp³-hybridized carbons (Fsp3) is 0.421. The van der Waals surface area contributed by atoms with Gasteiger partial charge in [0.25, 0.3) is 0 Å². The number of hydrogen-bond donors (Lipinski definition) is 2. The van der Waals surface area contributed by atoms with E-state index < -0.39 is 0 Å². The summed E-state index contributed by atoms with van der Waals surface area (Å²) in [4.78, 5) is 1.37. The maximum atomic E-state index is 10.4. The normalized spacial score (nSPS) is 23.7. The molecule has 3 aromatic rings. The summed E-state index contributed by atoms with van der Waals surface area (Å²) < 4.78 is 6.03. The number of ether oxygens (including phenoxy) is 1. The van der Waals surface area contributed by atoms with E-state index in [1.165, 1.54) is 17.6 Å². The number of rotatable bonds is 4. The van der Waals surface area contributed by atoms with Crippen LogP contribution in [0.15, 0.2) is 30.3 Å². The highest BCUT2D eigenvalue weighted by atomic mass is 16.5. The van der Waals surface area contributed by atoms with E-state index in [1.54, 1.807) is 25.1 Å². The van der Waals surface area contributed by atoms with E-state index >= 15 is 0 Å². The molecule has 0 aliphatic carbocycles. The summed E-state index contributed by atoms with van der Waals surface area (Å²) in [5.74, 6) is 1.16. The Hall–Kier alpha value is -3.07. The van der Waals surface area contributed by atoms with Crippen LogP contribution in [0.3, 0.4) is 0 Å². The lowest BCUT2D eigenvalue weighted by Crippen LogP contribution is -2.42. The topological polar surface area (TPSA) is 111 Å². The molecule has 1 aromatic carbocycles. The van der Waals surface area contributed by atoms with Gasteiger partial charge < -0.3 is 15.2 Å². The van der Waals surface area contributed by atoms with Crippen LogP contribution in [0.1, 0.15) is 31.5 Å². The fourth-order valence-corrected chi connectivity index (χ4v) is 4.05. The second-order valence-corrected chi connectivity index (χ2v) is 7.43. The van der Waals surface area contributed by atoms with Gasteiger partial charge in [0, 0.05) is 29.8 Å². The molecule has 9 heteroatoms. The van der Waals surface area contributed by atoms with E-state index in [0.717, 1.165) is 12.8 Å². The van der Waals surface area contributed by atoms with Crippen molar-refractivity contribution in [3.8, 4) is 28.6 Å². The maximum Gasteiger partial charge on any atom is 0.233 e. The van der Waals surface area contributed by atoms with E-state index in [9.17, 15) is 5.11 Å². The molecular weight excluding hydrogens is 358 g/mol. The Bertz CT molecular complexity index is 976. The van der Waals surface area contributed by atoms with Crippen LogP contribution < -0.4 is 10.1 Å². The van der Waals surface area contributed by atoms with Crippen molar-refractivity contribution in [1.29, 1.82) is 0 Å². The Labute approximate surface area is 161 Å². The number of hydrogen-bond acceptors (Lipinski definition) is 8. The van der Waals surface area contributed by atoms with Crippen LogP contribution in [0.25, 0.3) is 16.9 Å². The van der Waals surface area contributed by atoms with Crippen molar-refractivity contribution in [2.45, 2.75) is 50.8 Å². The van der Waals surface area contributed by atoms with Gasteiger partial charge in [0.1, 0.15) is 11.9 Å². The highest BCUT2D eigenvalue weighted by molar-refractivity contribution is 5.68. The van der Waals surface area contributed by atoms with Crippen molar-refractivity contribution in [3.05, 3.63) is 36.2 Å². The molecule has 2 aliphatic rings. The number of piperidine rings is 1. The average Bonchev–Trinajstić information content (AvgIpc) is 3.27. The zero-order valence-corrected chi connectivity index (χ0v) is 15.5. The predicted molar refractivity (Wildman–Crippen MR) is 100 cm³/mol. The highest BCUT2D eigenvalue weighted by Gasteiger charge is 2.34. The Kier molecular flexibility index (Phi) is 4.16. The van der Waals surface area contributed by atoms with E-state index in [1.807, 2.05) is 12.1 Å². The molecule has 0 amide bonds. The lowest BCUT2D eigenvalue weighted by molar-refractivity contribution is 0.130. The second kappa shape index (κ2) is 6.83. The number of tetrazole rings is 1. The first-order valence-electron chi connectivity index (χ1n) is 9.51. The van der Waals surface area contributed by atoms with Crippen LogP contribution in [0.5, 0.6) is 11.6 Å². The van der Waals surface area contributed by atoms with E-state index in [-0.39, 0.29) is 11.9 Å². The fourth-order valence-electron chi connectivity index (χ4n) is 4.05. The van der Waals surface area contributed by atoms with Crippen LogP contribution in [0.4, 0.5) is 0 Å². The third-order valence-corrected chi connectivity index (χ3v) is 5.36. The largest absolute Gasteiger partial charge is 0.507 e. The summed E-state index contributed by atoms with van der Waals surface area (Å²) in [6, 6.07) is 9.88. The SMILES string of the molecule is Cc1nnn(-c2ccc(-c3ccc(O[C@@H]4C[C@H]5CC[C@@H](C4)N5)nn3)c(O)c2)n1. The lowest BCUT2D eigenvalue weighted by atomic mass is 10.0. The molecule has 9 nitrogen and oxygen atoms in total. The molecule has 5 rings (SSSR count). The number of aromatic nitrogens is 6. The molecule has 0 spiro atoms. The van der Waals surface area contributed by atoms with Gasteiger partial charge in [-0.05, 0) is 56.0 Å². The monoisotopic (exact) mass is 379 g/mol. The molecular formula is C19H21N7O2. The molecule has 0 radical (unpaired) electrons. The van der Waals surface area contributed by atoms with Crippen molar-refractivity contribution in [2.24, 2.45) is 0 Å². The van der Waals surface area contributed by atoms with Crippen LogP contribution in [0.2, 0.25) is 0 Å². The molecule has 144 valence electrons. The Balaban J connectivity index is 1.31. The van der Waals surface area contributed by atoms with Crippen molar-refractivity contribution in [2.75, 3.05) is 0 Å². The highest BCUT2D eigenvalue weighted by Crippen LogP contribution is 2.31. The molecule has 4 heterocycles. The molecule has 2 aliphatic heterocycles. The molecule has 3 atom stereocenters. The first kappa shape index (κ1) is 17.1. The third-order valence-electron chi connectivity index (χ3n) is 5.36.